The minimum Gasteiger partial charge on any atom is -0.352 e. The Kier molecular flexibility index (Phi) is 10.5. The van der Waals surface area contributed by atoms with Crippen LogP contribution in [0.3, 0.4) is 0 Å². The van der Waals surface area contributed by atoms with E-state index in [1.807, 2.05) is 95.3 Å². The van der Waals surface area contributed by atoms with Gasteiger partial charge in [0.25, 0.3) is 0 Å². The van der Waals surface area contributed by atoms with Gasteiger partial charge in [-0.05, 0) is 62.4 Å². The molecule has 0 radical (unpaired) electrons. The zero-order valence-electron chi connectivity index (χ0n) is 24.3. The third-order valence-electron chi connectivity index (χ3n) is 7.23. The molecule has 3 rings (SSSR count). The molecule has 2 atom stereocenters. The van der Waals surface area contributed by atoms with Crippen molar-refractivity contribution >= 4 is 27.5 Å². The molecule has 8 heteroatoms. The number of aryl methyl sites for hydroxylation is 2. The highest BCUT2D eigenvalue weighted by Crippen LogP contribution is 2.26. The average molecular weight is 564 g/mol. The SMILES string of the molecule is CCC(C)NC(=O)C(Cc1ccccc1)N(Cc1cccc(C)c1)C(=O)CN(c1cccc(C)c1C)S(C)(=O)=O. The fourth-order valence-electron chi connectivity index (χ4n) is 4.60. The summed E-state index contributed by atoms with van der Waals surface area (Å²) < 4.78 is 27.2. The second kappa shape index (κ2) is 13.6. The van der Waals surface area contributed by atoms with Gasteiger partial charge in [-0.3, -0.25) is 13.9 Å². The monoisotopic (exact) mass is 563 g/mol. The van der Waals surface area contributed by atoms with Crippen LogP contribution >= 0.6 is 0 Å². The molecule has 2 unspecified atom stereocenters. The molecule has 214 valence electrons. The lowest BCUT2D eigenvalue weighted by Crippen LogP contribution is -2.54. The first kappa shape index (κ1) is 30.9. The van der Waals surface area contributed by atoms with Gasteiger partial charge in [-0.25, -0.2) is 8.42 Å². The van der Waals surface area contributed by atoms with Crippen molar-refractivity contribution in [3.8, 4) is 0 Å². The molecule has 0 saturated heterocycles. The molecular formula is C32H41N3O4S. The summed E-state index contributed by atoms with van der Waals surface area (Å²) in [6, 6.07) is 21.8. The minimum atomic E-state index is -3.81. The number of amides is 2. The van der Waals surface area contributed by atoms with Gasteiger partial charge in [0.1, 0.15) is 12.6 Å². The maximum Gasteiger partial charge on any atom is 0.244 e. The lowest BCUT2D eigenvalue weighted by molar-refractivity contribution is -0.140. The quantitative estimate of drug-likeness (QED) is 0.339. The molecule has 0 bridgehead atoms. The van der Waals surface area contributed by atoms with E-state index in [9.17, 15) is 18.0 Å². The van der Waals surface area contributed by atoms with Crippen molar-refractivity contribution in [3.63, 3.8) is 0 Å². The zero-order chi connectivity index (χ0) is 29.4. The highest BCUT2D eigenvalue weighted by Gasteiger charge is 2.33. The summed E-state index contributed by atoms with van der Waals surface area (Å²) in [7, 11) is -3.81. The standard InChI is InChI=1S/C32H41N3O4S/c1-7-25(4)33-32(37)30(20-27-15-9-8-10-16-27)34(21-28-17-11-13-23(2)19-28)31(36)22-35(40(6,38)39)29-18-12-14-24(3)26(29)5/h8-19,25,30H,7,20-22H2,1-6H3,(H,33,37). The summed E-state index contributed by atoms with van der Waals surface area (Å²) in [5.41, 5.74) is 4.95. The van der Waals surface area contributed by atoms with Crippen molar-refractivity contribution in [3.05, 3.63) is 101 Å². The zero-order valence-corrected chi connectivity index (χ0v) is 25.2. The number of nitrogens with one attached hydrogen (secondary N) is 1. The van der Waals surface area contributed by atoms with Gasteiger partial charge >= 0.3 is 0 Å². The number of sulfonamides is 1. The molecule has 0 spiro atoms. The van der Waals surface area contributed by atoms with Gasteiger partial charge in [0.15, 0.2) is 0 Å². The molecule has 3 aromatic rings. The van der Waals surface area contributed by atoms with Crippen LogP contribution in [0.5, 0.6) is 0 Å². The Morgan fingerprint density at radius 2 is 1.55 bits per heavy atom. The van der Waals surface area contributed by atoms with Crippen molar-refractivity contribution < 1.29 is 18.0 Å². The summed E-state index contributed by atoms with van der Waals surface area (Å²) in [4.78, 5) is 29.5. The van der Waals surface area contributed by atoms with Crippen molar-refractivity contribution in [2.75, 3.05) is 17.1 Å². The first-order valence-electron chi connectivity index (χ1n) is 13.6. The highest BCUT2D eigenvalue weighted by atomic mass is 32.2. The van der Waals surface area contributed by atoms with Gasteiger partial charge in [0.2, 0.25) is 21.8 Å². The number of benzene rings is 3. The lowest BCUT2D eigenvalue weighted by atomic mass is 10.0. The summed E-state index contributed by atoms with van der Waals surface area (Å²) in [5.74, 6) is -0.718. The Balaban J connectivity index is 2.09. The molecule has 2 amide bonds. The third-order valence-corrected chi connectivity index (χ3v) is 8.36. The first-order valence-corrected chi connectivity index (χ1v) is 15.5. The smallest absolute Gasteiger partial charge is 0.244 e. The Morgan fingerprint density at radius 3 is 2.17 bits per heavy atom. The van der Waals surface area contributed by atoms with Crippen molar-refractivity contribution in [1.82, 2.24) is 10.2 Å². The maximum absolute atomic E-state index is 14.2. The molecule has 0 heterocycles. The number of carbonyl (C=O) groups excluding carboxylic acids is 2. The van der Waals surface area contributed by atoms with E-state index in [0.717, 1.165) is 44.8 Å². The van der Waals surface area contributed by atoms with Crippen molar-refractivity contribution in [2.24, 2.45) is 0 Å². The van der Waals surface area contributed by atoms with E-state index in [1.54, 1.807) is 12.1 Å². The average Bonchev–Trinajstić information content (AvgIpc) is 2.90. The summed E-state index contributed by atoms with van der Waals surface area (Å²) in [5, 5.41) is 3.05. The van der Waals surface area contributed by atoms with E-state index >= 15 is 0 Å². The van der Waals surface area contributed by atoms with Gasteiger partial charge < -0.3 is 10.2 Å². The van der Waals surface area contributed by atoms with Crippen LogP contribution in [-0.2, 0) is 32.6 Å². The molecular weight excluding hydrogens is 522 g/mol. The summed E-state index contributed by atoms with van der Waals surface area (Å²) in [6.07, 6.45) is 2.14. The van der Waals surface area contributed by atoms with Crippen LogP contribution < -0.4 is 9.62 Å². The van der Waals surface area contributed by atoms with Gasteiger partial charge in [-0.2, -0.15) is 0 Å². The number of hydrogen-bond acceptors (Lipinski definition) is 4. The predicted molar refractivity (Wildman–Crippen MR) is 162 cm³/mol. The van der Waals surface area contributed by atoms with E-state index in [0.29, 0.717) is 12.1 Å². The van der Waals surface area contributed by atoms with Crippen LogP contribution in [0.4, 0.5) is 5.69 Å². The number of anilines is 1. The second-order valence-corrected chi connectivity index (χ2v) is 12.4. The van der Waals surface area contributed by atoms with Gasteiger partial charge in [-0.15, -0.1) is 0 Å². The Hall–Kier alpha value is -3.65. The molecule has 0 aliphatic rings. The van der Waals surface area contributed by atoms with Crippen LogP contribution in [0.1, 0.15) is 48.1 Å². The van der Waals surface area contributed by atoms with E-state index in [1.165, 1.54) is 4.90 Å². The maximum atomic E-state index is 14.2. The summed E-state index contributed by atoms with van der Waals surface area (Å²) >= 11 is 0. The topological polar surface area (TPSA) is 86.8 Å². The fraction of sp³-hybridized carbons (Fsp3) is 0.375. The van der Waals surface area contributed by atoms with E-state index in [4.69, 9.17) is 0 Å². The number of nitrogens with zero attached hydrogens (tertiary/aromatic N) is 2. The van der Waals surface area contributed by atoms with Crippen LogP contribution in [-0.4, -0.2) is 50.0 Å². The first-order chi connectivity index (χ1) is 18.9. The molecule has 3 aromatic carbocycles. The van der Waals surface area contributed by atoms with Crippen LogP contribution in [0.2, 0.25) is 0 Å². The largest absolute Gasteiger partial charge is 0.352 e. The number of carbonyl (C=O) groups is 2. The molecule has 0 aromatic heterocycles. The molecule has 0 saturated carbocycles. The molecule has 0 fully saturated rings. The molecule has 0 aliphatic heterocycles. The third kappa shape index (κ3) is 8.18. The van der Waals surface area contributed by atoms with Gasteiger partial charge in [0, 0.05) is 19.0 Å². The fourth-order valence-corrected chi connectivity index (χ4v) is 5.50. The second-order valence-electron chi connectivity index (χ2n) is 10.5. The molecule has 1 N–H and O–H groups in total. The van der Waals surface area contributed by atoms with Crippen molar-refractivity contribution in [2.45, 2.75) is 66.1 Å². The Morgan fingerprint density at radius 1 is 0.900 bits per heavy atom. The van der Waals surface area contributed by atoms with Crippen LogP contribution in [0.15, 0.2) is 72.8 Å². The Labute approximate surface area is 239 Å². The molecule has 40 heavy (non-hydrogen) atoms. The van der Waals surface area contributed by atoms with Crippen molar-refractivity contribution in [1.29, 1.82) is 0 Å². The molecule has 0 aliphatic carbocycles. The van der Waals surface area contributed by atoms with E-state index < -0.39 is 28.5 Å². The van der Waals surface area contributed by atoms with Crippen LogP contribution in [0.25, 0.3) is 0 Å². The summed E-state index contributed by atoms with van der Waals surface area (Å²) in [6.45, 7) is 9.37. The minimum absolute atomic E-state index is 0.0795. The van der Waals surface area contributed by atoms with Gasteiger partial charge in [0.05, 0.1) is 11.9 Å². The predicted octanol–water partition coefficient (Wildman–Crippen LogP) is 4.93. The lowest BCUT2D eigenvalue weighted by Gasteiger charge is -2.34. The van der Waals surface area contributed by atoms with Gasteiger partial charge in [-0.1, -0.05) is 79.2 Å². The highest BCUT2D eigenvalue weighted by molar-refractivity contribution is 7.92. The number of rotatable bonds is 12. The Bertz CT molecular complexity index is 1420. The molecule has 7 nitrogen and oxygen atoms in total. The van der Waals surface area contributed by atoms with Crippen LogP contribution in [0, 0.1) is 20.8 Å². The number of hydrogen-bond donors (Lipinski definition) is 1. The normalized spacial score (nSPS) is 12.8. The van der Waals surface area contributed by atoms with E-state index in [-0.39, 0.29) is 18.5 Å². The van der Waals surface area contributed by atoms with E-state index in [2.05, 4.69) is 5.32 Å².